The van der Waals surface area contributed by atoms with Crippen LogP contribution in [-0.4, -0.2) is 69.1 Å². The number of aromatic amines is 1. The first kappa shape index (κ1) is 24.1. The van der Waals surface area contributed by atoms with Crippen molar-refractivity contribution < 1.29 is 4.79 Å². The van der Waals surface area contributed by atoms with Crippen LogP contribution in [0.1, 0.15) is 18.4 Å². The summed E-state index contributed by atoms with van der Waals surface area (Å²) in [5.41, 5.74) is 2.00. The molecule has 4 heterocycles. The molecule has 190 valence electrons. The highest BCUT2D eigenvalue weighted by molar-refractivity contribution is 7.99. The maximum absolute atomic E-state index is 12.2. The van der Waals surface area contributed by atoms with E-state index in [9.17, 15) is 4.79 Å². The number of anilines is 3. The van der Waals surface area contributed by atoms with Crippen molar-refractivity contribution in [3.05, 3.63) is 53.4 Å². The highest BCUT2D eigenvalue weighted by Gasteiger charge is 2.29. The summed E-state index contributed by atoms with van der Waals surface area (Å²) in [6, 6.07) is 14.2. The lowest BCUT2D eigenvalue weighted by Crippen LogP contribution is -2.45. The number of ketones is 1. The zero-order chi connectivity index (χ0) is 25.2. The number of nitrogens with zero attached hydrogens (tertiary/aromatic N) is 6. The quantitative estimate of drug-likeness (QED) is 0.323. The average molecular weight is 533 g/mol. The number of piperazine rings is 1. The average Bonchev–Trinajstić information content (AvgIpc) is 3.41. The van der Waals surface area contributed by atoms with Crippen molar-refractivity contribution in [2.45, 2.75) is 29.3 Å². The van der Waals surface area contributed by atoms with E-state index < -0.39 is 0 Å². The van der Waals surface area contributed by atoms with Crippen molar-refractivity contribution in [2.75, 3.05) is 43.4 Å². The minimum absolute atomic E-state index is 0.286. The topological polar surface area (TPSA) is 103 Å². The summed E-state index contributed by atoms with van der Waals surface area (Å²) >= 11 is 3.15. The Balaban J connectivity index is 1.22. The molecule has 0 atom stereocenters. The molecule has 2 fully saturated rings. The highest BCUT2D eigenvalue weighted by Crippen LogP contribution is 2.32. The Labute approximate surface area is 223 Å². The number of thiophene rings is 1. The Morgan fingerprint density at radius 2 is 1.92 bits per heavy atom. The van der Waals surface area contributed by atoms with Gasteiger partial charge in [0.05, 0.1) is 10.6 Å². The first-order valence-corrected chi connectivity index (χ1v) is 14.1. The van der Waals surface area contributed by atoms with Gasteiger partial charge in [0.25, 0.3) is 0 Å². The number of likely N-dealkylation sites (N-methyl/N-ethyl adjacent to an activating group) is 1. The SMILES string of the molecule is CN1CCN(c2nc(Nc3cc(-c4cccs4)[nH]n3)nc(Sc3ccc(CC(=O)C4CC4)cc3)n2)CC1. The molecule has 9 nitrogen and oxygen atoms in total. The van der Waals surface area contributed by atoms with Crippen LogP contribution in [0.25, 0.3) is 10.6 Å². The number of benzene rings is 1. The Morgan fingerprint density at radius 1 is 1.11 bits per heavy atom. The number of carbonyl (C=O) groups is 1. The minimum atomic E-state index is 0.286. The molecule has 11 heteroatoms. The molecule has 0 radical (unpaired) electrons. The van der Waals surface area contributed by atoms with Crippen molar-refractivity contribution >= 4 is 46.6 Å². The van der Waals surface area contributed by atoms with Crippen molar-refractivity contribution in [2.24, 2.45) is 5.92 Å². The molecule has 0 spiro atoms. The lowest BCUT2D eigenvalue weighted by Gasteiger charge is -2.32. The second kappa shape index (κ2) is 10.6. The molecule has 2 aliphatic rings. The molecule has 2 N–H and O–H groups in total. The van der Waals surface area contributed by atoms with Crippen molar-refractivity contribution in [1.82, 2.24) is 30.0 Å². The highest BCUT2D eigenvalue weighted by atomic mass is 32.2. The number of aromatic nitrogens is 5. The van der Waals surface area contributed by atoms with Crippen LogP contribution in [-0.2, 0) is 11.2 Å². The zero-order valence-corrected chi connectivity index (χ0v) is 22.2. The van der Waals surface area contributed by atoms with Gasteiger partial charge in [0.15, 0.2) is 11.0 Å². The van der Waals surface area contributed by atoms with Crippen LogP contribution in [0.2, 0.25) is 0 Å². The maximum atomic E-state index is 12.2. The lowest BCUT2D eigenvalue weighted by atomic mass is 10.1. The van der Waals surface area contributed by atoms with Crippen LogP contribution in [0.4, 0.5) is 17.7 Å². The van der Waals surface area contributed by atoms with E-state index in [4.69, 9.17) is 15.0 Å². The summed E-state index contributed by atoms with van der Waals surface area (Å²) in [6.45, 7) is 3.64. The van der Waals surface area contributed by atoms with E-state index in [2.05, 4.69) is 38.4 Å². The number of hydrogen-bond acceptors (Lipinski definition) is 10. The molecule has 37 heavy (non-hydrogen) atoms. The molecule has 1 aromatic carbocycles. The fraction of sp³-hybridized carbons (Fsp3) is 0.346. The normalized spacial score (nSPS) is 16.2. The predicted octanol–water partition coefficient (Wildman–Crippen LogP) is 4.49. The summed E-state index contributed by atoms with van der Waals surface area (Å²) in [4.78, 5) is 33.0. The standard InChI is InChI=1S/C26H28N8OS2/c1-33-10-12-34(13-11-33)25-28-24(27-23-16-20(31-32-23)22-3-2-14-36-22)29-26(30-25)37-19-8-4-17(5-9-19)15-21(35)18-6-7-18/h2-5,8-9,14,16,18H,6-7,10-13,15H2,1H3,(H2,27,28,29,30,31,32). The van der Waals surface area contributed by atoms with E-state index >= 15 is 0 Å². The van der Waals surface area contributed by atoms with Gasteiger partial charge < -0.3 is 15.1 Å². The Morgan fingerprint density at radius 3 is 2.65 bits per heavy atom. The molecule has 1 aliphatic carbocycles. The fourth-order valence-electron chi connectivity index (χ4n) is 4.19. The van der Waals surface area contributed by atoms with Crippen LogP contribution in [0, 0.1) is 5.92 Å². The molecule has 4 aromatic rings. The van der Waals surface area contributed by atoms with Crippen molar-refractivity contribution in [3.63, 3.8) is 0 Å². The molecule has 1 aliphatic heterocycles. The van der Waals surface area contributed by atoms with Crippen LogP contribution < -0.4 is 10.2 Å². The lowest BCUT2D eigenvalue weighted by molar-refractivity contribution is -0.119. The summed E-state index contributed by atoms with van der Waals surface area (Å²) in [5.74, 6) is 2.41. The second-order valence-electron chi connectivity index (χ2n) is 9.46. The van der Waals surface area contributed by atoms with Gasteiger partial charge in [-0.2, -0.15) is 20.1 Å². The van der Waals surface area contributed by atoms with E-state index in [0.717, 1.165) is 60.1 Å². The smallest absolute Gasteiger partial charge is 0.234 e. The summed E-state index contributed by atoms with van der Waals surface area (Å²) in [6.07, 6.45) is 2.61. The van der Waals surface area contributed by atoms with Gasteiger partial charge in [0, 0.05) is 49.5 Å². The summed E-state index contributed by atoms with van der Waals surface area (Å²) < 4.78 is 0. The Bertz CT molecular complexity index is 1360. The first-order chi connectivity index (χ1) is 18.1. The number of carbonyl (C=O) groups excluding carboxylic acids is 1. The zero-order valence-electron chi connectivity index (χ0n) is 20.6. The molecule has 1 saturated carbocycles. The number of nitrogens with one attached hydrogen (secondary N) is 2. The fourth-order valence-corrected chi connectivity index (χ4v) is 5.62. The van der Waals surface area contributed by atoms with Gasteiger partial charge in [-0.15, -0.1) is 11.3 Å². The molecule has 0 bridgehead atoms. The largest absolute Gasteiger partial charge is 0.338 e. The van der Waals surface area contributed by atoms with Gasteiger partial charge in [0.1, 0.15) is 5.78 Å². The molecule has 0 unspecified atom stereocenters. The maximum Gasteiger partial charge on any atom is 0.234 e. The third-order valence-corrected chi connectivity index (χ3v) is 8.31. The van der Waals surface area contributed by atoms with Gasteiger partial charge >= 0.3 is 0 Å². The minimum Gasteiger partial charge on any atom is -0.338 e. The summed E-state index contributed by atoms with van der Waals surface area (Å²) in [5, 5.41) is 13.4. The van der Waals surface area contributed by atoms with Gasteiger partial charge in [-0.3, -0.25) is 9.89 Å². The number of Topliss-reactive ketones (excluding diaryl/α,β-unsaturated/α-hetero) is 1. The third kappa shape index (κ3) is 6.00. The van der Waals surface area contributed by atoms with Crippen molar-refractivity contribution in [1.29, 1.82) is 0 Å². The van der Waals surface area contributed by atoms with Crippen molar-refractivity contribution in [3.8, 4) is 10.6 Å². The second-order valence-corrected chi connectivity index (χ2v) is 11.5. The predicted molar refractivity (Wildman–Crippen MR) is 147 cm³/mol. The van der Waals surface area contributed by atoms with E-state index in [1.54, 1.807) is 11.3 Å². The third-order valence-electron chi connectivity index (χ3n) is 6.54. The number of H-pyrrole nitrogens is 1. The van der Waals surface area contributed by atoms with E-state index in [1.807, 2.05) is 41.8 Å². The van der Waals surface area contributed by atoms with Gasteiger partial charge in [-0.05, 0) is 60.8 Å². The molecule has 6 rings (SSSR count). The van der Waals surface area contributed by atoms with Crippen LogP contribution in [0.3, 0.4) is 0 Å². The molecule has 0 amide bonds. The van der Waals surface area contributed by atoms with Crippen LogP contribution >= 0.6 is 23.1 Å². The summed E-state index contributed by atoms with van der Waals surface area (Å²) in [7, 11) is 2.13. The Hall–Kier alpha value is -3.28. The van der Waals surface area contributed by atoms with E-state index in [-0.39, 0.29) is 5.92 Å². The van der Waals surface area contributed by atoms with E-state index in [0.29, 0.717) is 35.1 Å². The first-order valence-electron chi connectivity index (χ1n) is 12.4. The van der Waals surface area contributed by atoms with E-state index in [1.165, 1.54) is 11.8 Å². The Kier molecular flexibility index (Phi) is 6.90. The van der Waals surface area contributed by atoms with Gasteiger partial charge in [0.2, 0.25) is 11.9 Å². The molecule has 1 saturated heterocycles. The van der Waals surface area contributed by atoms with Gasteiger partial charge in [-0.1, -0.05) is 18.2 Å². The van der Waals surface area contributed by atoms with Crippen LogP contribution in [0.15, 0.2) is 57.9 Å². The number of rotatable bonds is 9. The van der Waals surface area contributed by atoms with Crippen LogP contribution in [0.5, 0.6) is 0 Å². The van der Waals surface area contributed by atoms with Gasteiger partial charge in [-0.25, -0.2) is 0 Å². The number of hydrogen-bond donors (Lipinski definition) is 2. The molecular formula is C26H28N8OS2. The molecular weight excluding hydrogens is 504 g/mol. The molecule has 3 aromatic heterocycles. The monoisotopic (exact) mass is 532 g/mol.